The lowest BCUT2D eigenvalue weighted by atomic mass is 9.90. The molecule has 0 aromatic heterocycles. The van der Waals surface area contributed by atoms with Gasteiger partial charge in [0, 0.05) is 5.56 Å². The van der Waals surface area contributed by atoms with Gasteiger partial charge in [-0.25, -0.2) is 0 Å². The van der Waals surface area contributed by atoms with Crippen LogP contribution in [0.3, 0.4) is 0 Å². The van der Waals surface area contributed by atoms with Crippen molar-refractivity contribution in [2.45, 2.75) is 18.4 Å². The van der Waals surface area contributed by atoms with Crippen LogP contribution < -0.4 is 5.73 Å². The molecule has 1 unspecified atom stereocenters. The minimum absolute atomic E-state index is 0.181. The van der Waals surface area contributed by atoms with E-state index in [1.807, 2.05) is 0 Å². The van der Waals surface area contributed by atoms with Gasteiger partial charge in [0.25, 0.3) is 5.92 Å². The van der Waals surface area contributed by atoms with Crippen LogP contribution in [0.5, 0.6) is 0 Å². The Morgan fingerprint density at radius 2 is 1.79 bits per heavy atom. The summed E-state index contributed by atoms with van der Waals surface area (Å²) in [6, 6.07) is 7.25. The minimum Gasteiger partial charge on any atom is -0.394 e. The lowest BCUT2D eigenvalue weighted by Crippen LogP contribution is -2.54. The Bertz CT molecular complexity index is 298. The van der Waals surface area contributed by atoms with E-state index in [9.17, 15) is 8.78 Å². The first-order valence-corrected chi connectivity index (χ1v) is 4.25. The highest BCUT2D eigenvalue weighted by Crippen LogP contribution is 2.36. The van der Waals surface area contributed by atoms with E-state index in [1.54, 1.807) is 6.07 Å². The fraction of sp³-hybridized carbons (Fsp3) is 0.400. The molecule has 78 valence electrons. The van der Waals surface area contributed by atoms with Gasteiger partial charge in [-0.05, 0) is 6.92 Å². The van der Waals surface area contributed by atoms with Crippen molar-refractivity contribution < 1.29 is 13.9 Å². The number of hydrogen-bond donors (Lipinski definition) is 2. The van der Waals surface area contributed by atoms with Crippen LogP contribution in [0, 0.1) is 0 Å². The number of halogens is 2. The summed E-state index contributed by atoms with van der Waals surface area (Å²) in [5.74, 6) is -3.23. The molecule has 0 amide bonds. The summed E-state index contributed by atoms with van der Waals surface area (Å²) in [7, 11) is 0. The molecular weight excluding hydrogens is 188 g/mol. The minimum atomic E-state index is -3.23. The van der Waals surface area contributed by atoms with Crippen LogP contribution in [0.2, 0.25) is 0 Å². The predicted molar refractivity (Wildman–Crippen MR) is 50.0 cm³/mol. The van der Waals surface area contributed by atoms with E-state index >= 15 is 0 Å². The Morgan fingerprint density at radius 1 is 1.29 bits per heavy atom. The fourth-order valence-electron chi connectivity index (χ4n) is 1.08. The molecule has 1 aromatic carbocycles. The van der Waals surface area contributed by atoms with Gasteiger partial charge in [-0.15, -0.1) is 0 Å². The zero-order valence-electron chi connectivity index (χ0n) is 7.87. The summed E-state index contributed by atoms with van der Waals surface area (Å²) >= 11 is 0. The van der Waals surface area contributed by atoms with E-state index in [0.29, 0.717) is 0 Å². The molecule has 1 aromatic rings. The van der Waals surface area contributed by atoms with Crippen LogP contribution in [-0.2, 0) is 5.92 Å². The van der Waals surface area contributed by atoms with Crippen molar-refractivity contribution in [2.24, 2.45) is 5.73 Å². The molecule has 0 aliphatic heterocycles. The van der Waals surface area contributed by atoms with Crippen LogP contribution in [0.25, 0.3) is 0 Å². The van der Waals surface area contributed by atoms with Crippen molar-refractivity contribution in [3.8, 4) is 0 Å². The molecular formula is C10H13F2NO. The molecule has 3 N–H and O–H groups in total. The van der Waals surface area contributed by atoms with E-state index in [2.05, 4.69) is 0 Å². The van der Waals surface area contributed by atoms with Gasteiger partial charge in [0.05, 0.1) is 6.61 Å². The van der Waals surface area contributed by atoms with Gasteiger partial charge in [-0.1, -0.05) is 30.3 Å². The number of aliphatic hydroxyl groups excluding tert-OH is 1. The molecule has 0 bridgehead atoms. The van der Waals surface area contributed by atoms with Crippen molar-refractivity contribution in [1.29, 1.82) is 0 Å². The number of aliphatic hydroxyl groups is 1. The Morgan fingerprint density at radius 3 is 2.21 bits per heavy atom. The first-order chi connectivity index (χ1) is 6.42. The summed E-state index contributed by atoms with van der Waals surface area (Å²) in [6.07, 6.45) is 0. The smallest absolute Gasteiger partial charge is 0.292 e. The van der Waals surface area contributed by atoms with Crippen molar-refractivity contribution in [3.05, 3.63) is 35.9 Å². The lowest BCUT2D eigenvalue weighted by molar-refractivity contribution is -0.0923. The normalized spacial score (nSPS) is 16.4. The number of benzene rings is 1. The van der Waals surface area contributed by atoms with Crippen LogP contribution in [0.1, 0.15) is 12.5 Å². The summed E-state index contributed by atoms with van der Waals surface area (Å²) in [6.45, 7) is 0.356. The lowest BCUT2D eigenvalue weighted by Gasteiger charge is -2.32. The number of hydrogen-bond acceptors (Lipinski definition) is 2. The maximum atomic E-state index is 13.6. The molecule has 1 atom stereocenters. The van der Waals surface area contributed by atoms with E-state index in [-0.39, 0.29) is 5.56 Å². The monoisotopic (exact) mass is 201 g/mol. The molecule has 1 rings (SSSR count). The maximum absolute atomic E-state index is 13.6. The van der Waals surface area contributed by atoms with Crippen LogP contribution in [0.15, 0.2) is 30.3 Å². The molecule has 0 spiro atoms. The van der Waals surface area contributed by atoms with Gasteiger partial charge in [-0.3, -0.25) is 0 Å². The summed E-state index contributed by atoms with van der Waals surface area (Å²) in [5, 5.41) is 8.79. The Balaban J connectivity index is 3.08. The highest BCUT2D eigenvalue weighted by atomic mass is 19.3. The second-order valence-corrected chi connectivity index (χ2v) is 3.52. The molecule has 0 saturated carbocycles. The van der Waals surface area contributed by atoms with Crippen molar-refractivity contribution >= 4 is 0 Å². The Kier molecular flexibility index (Phi) is 2.87. The van der Waals surface area contributed by atoms with Gasteiger partial charge in [0.2, 0.25) is 0 Å². The molecule has 0 heterocycles. The van der Waals surface area contributed by atoms with Crippen molar-refractivity contribution in [2.75, 3.05) is 6.61 Å². The zero-order valence-corrected chi connectivity index (χ0v) is 7.87. The Labute approximate surface area is 81.4 Å². The number of rotatable bonds is 3. The summed E-state index contributed by atoms with van der Waals surface area (Å²) in [4.78, 5) is 0. The third-order valence-corrected chi connectivity index (χ3v) is 2.18. The maximum Gasteiger partial charge on any atom is 0.292 e. The van der Waals surface area contributed by atoms with Crippen LogP contribution in [-0.4, -0.2) is 17.3 Å². The third-order valence-electron chi connectivity index (χ3n) is 2.18. The van der Waals surface area contributed by atoms with Crippen molar-refractivity contribution in [1.82, 2.24) is 0 Å². The molecule has 0 radical (unpaired) electrons. The third kappa shape index (κ3) is 1.76. The van der Waals surface area contributed by atoms with Gasteiger partial charge in [0.1, 0.15) is 5.54 Å². The average molecular weight is 201 g/mol. The molecule has 2 nitrogen and oxygen atoms in total. The molecule has 0 aliphatic rings. The second-order valence-electron chi connectivity index (χ2n) is 3.52. The predicted octanol–water partition coefficient (Wildman–Crippen LogP) is 1.49. The van der Waals surface area contributed by atoms with Gasteiger partial charge < -0.3 is 10.8 Å². The summed E-state index contributed by atoms with van der Waals surface area (Å²) < 4.78 is 27.3. The van der Waals surface area contributed by atoms with E-state index in [0.717, 1.165) is 6.92 Å². The van der Waals surface area contributed by atoms with Crippen LogP contribution in [0.4, 0.5) is 8.78 Å². The molecule has 4 heteroatoms. The second kappa shape index (κ2) is 3.63. The van der Waals surface area contributed by atoms with E-state index in [4.69, 9.17) is 10.8 Å². The van der Waals surface area contributed by atoms with E-state index in [1.165, 1.54) is 24.3 Å². The Hall–Kier alpha value is -1.00. The van der Waals surface area contributed by atoms with E-state index < -0.39 is 18.1 Å². The highest BCUT2D eigenvalue weighted by Gasteiger charge is 2.48. The zero-order chi connectivity index (χ0) is 10.8. The largest absolute Gasteiger partial charge is 0.394 e. The average Bonchev–Trinajstić information content (AvgIpc) is 2.19. The first-order valence-electron chi connectivity index (χ1n) is 4.25. The van der Waals surface area contributed by atoms with Crippen molar-refractivity contribution in [3.63, 3.8) is 0 Å². The molecule has 0 fully saturated rings. The fourth-order valence-corrected chi connectivity index (χ4v) is 1.08. The quantitative estimate of drug-likeness (QED) is 0.778. The SMILES string of the molecule is CC(N)(CO)C(F)(F)c1ccccc1. The van der Waals surface area contributed by atoms with Gasteiger partial charge in [-0.2, -0.15) is 8.78 Å². The number of nitrogens with two attached hydrogens (primary N) is 1. The van der Waals surface area contributed by atoms with Gasteiger partial charge >= 0.3 is 0 Å². The highest BCUT2D eigenvalue weighted by molar-refractivity contribution is 5.24. The first kappa shape index (κ1) is 11.1. The molecule has 0 aliphatic carbocycles. The molecule has 0 saturated heterocycles. The number of alkyl halides is 2. The standard InChI is InChI=1S/C10H13F2NO/c1-9(13,7-14)10(11,12)8-5-3-2-4-6-8/h2-6,14H,7,13H2,1H3. The topological polar surface area (TPSA) is 46.2 Å². The van der Waals surface area contributed by atoms with Crippen LogP contribution >= 0.6 is 0 Å². The van der Waals surface area contributed by atoms with Gasteiger partial charge in [0.15, 0.2) is 0 Å². The summed E-state index contributed by atoms with van der Waals surface area (Å²) in [5.41, 5.74) is 3.21. The molecule has 14 heavy (non-hydrogen) atoms.